The normalized spacial score (nSPS) is 19.4. The highest BCUT2D eigenvalue weighted by atomic mass is 19.1. The number of nitrogens with one attached hydrogen (secondary N) is 1. The fourth-order valence-electron chi connectivity index (χ4n) is 4.82. The lowest BCUT2D eigenvalue weighted by atomic mass is 9.92. The number of piperidine rings is 1. The Balaban J connectivity index is 1.42. The zero-order chi connectivity index (χ0) is 26.8. The summed E-state index contributed by atoms with van der Waals surface area (Å²) in [5.74, 6) is -1.92. The molecule has 196 valence electrons. The van der Waals surface area contributed by atoms with Crippen molar-refractivity contribution in [1.29, 1.82) is 5.26 Å². The Kier molecular flexibility index (Phi) is 7.04. The summed E-state index contributed by atoms with van der Waals surface area (Å²) < 4.78 is 36.3. The van der Waals surface area contributed by atoms with Gasteiger partial charge in [0.25, 0.3) is 0 Å². The van der Waals surface area contributed by atoms with Crippen molar-refractivity contribution in [3.63, 3.8) is 0 Å². The van der Waals surface area contributed by atoms with Crippen molar-refractivity contribution in [3.8, 4) is 23.1 Å². The van der Waals surface area contributed by atoms with Crippen molar-refractivity contribution in [3.05, 3.63) is 60.6 Å². The molecule has 1 saturated heterocycles. The molecule has 3 aromatic heterocycles. The van der Waals surface area contributed by atoms with Crippen LogP contribution in [0, 0.1) is 28.9 Å². The second kappa shape index (κ2) is 10.6. The van der Waals surface area contributed by atoms with Crippen molar-refractivity contribution in [2.45, 2.75) is 25.5 Å². The van der Waals surface area contributed by atoms with Crippen LogP contribution < -0.4 is 16.0 Å². The quantitative estimate of drug-likeness (QED) is 0.312. The largest absolute Gasteiger partial charge is 0.508 e. The van der Waals surface area contributed by atoms with Gasteiger partial charge in [-0.1, -0.05) is 6.92 Å². The van der Waals surface area contributed by atoms with E-state index in [-0.39, 0.29) is 29.3 Å². The standard InChI is InChI=1S/C26H26F2N8O2/c1-15-13-35(14-20(30)25(15)38-8-2-6-29)23-5-7-31-12-22(23)33-26-32-11-16-3-4-21(34-36(16)26)24-18(27)9-17(37)10-19(24)28/h3-5,7,9-12,15,20,25,37H,2,8,13-14,30H2,1H3,(H,32,33). The first-order chi connectivity index (χ1) is 18.4. The molecule has 12 heteroatoms. The predicted octanol–water partition coefficient (Wildman–Crippen LogP) is 3.60. The van der Waals surface area contributed by atoms with Gasteiger partial charge < -0.3 is 25.8 Å². The third-order valence-electron chi connectivity index (χ3n) is 6.50. The molecule has 10 nitrogen and oxygen atoms in total. The number of aromatic hydroxyl groups is 1. The van der Waals surface area contributed by atoms with Gasteiger partial charge in [0.05, 0.1) is 65.7 Å². The van der Waals surface area contributed by atoms with Gasteiger partial charge in [0.15, 0.2) is 0 Å². The van der Waals surface area contributed by atoms with Crippen LogP contribution in [0.1, 0.15) is 13.3 Å². The molecule has 1 aliphatic rings. The van der Waals surface area contributed by atoms with Crippen molar-refractivity contribution in [2.75, 3.05) is 29.9 Å². The maximum absolute atomic E-state index is 14.5. The second-order valence-corrected chi connectivity index (χ2v) is 9.23. The van der Waals surface area contributed by atoms with Crippen LogP contribution in [-0.4, -0.2) is 56.5 Å². The Morgan fingerprint density at radius 3 is 2.74 bits per heavy atom. The van der Waals surface area contributed by atoms with E-state index in [0.717, 1.165) is 17.8 Å². The van der Waals surface area contributed by atoms with Gasteiger partial charge in [-0.2, -0.15) is 14.9 Å². The summed E-state index contributed by atoms with van der Waals surface area (Å²) in [6, 6.07) is 8.50. The molecule has 1 fully saturated rings. The highest BCUT2D eigenvalue weighted by Crippen LogP contribution is 2.33. The molecule has 3 atom stereocenters. The molecule has 0 bridgehead atoms. The molecule has 4 N–H and O–H groups in total. The number of fused-ring (bicyclic) bond motifs is 1. The van der Waals surface area contributed by atoms with Crippen molar-refractivity contribution in [2.24, 2.45) is 11.7 Å². The molecule has 0 radical (unpaired) electrons. The number of imidazole rings is 1. The molecule has 0 spiro atoms. The Labute approximate surface area is 217 Å². The maximum atomic E-state index is 14.5. The molecular weight excluding hydrogens is 494 g/mol. The molecule has 0 saturated carbocycles. The van der Waals surface area contributed by atoms with E-state index in [1.54, 1.807) is 24.7 Å². The lowest BCUT2D eigenvalue weighted by Gasteiger charge is -2.42. The second-order valence-electron chi connectivity index (χ2n) is 9.23. The number of ether oxygens (including phenoxy) is 1. The first-order valence-electron chi connectivity index (χ1n) is 12.1. The first kappa shape index (κ1) is 25.3. The summed E-state index contributed by atoms with van der Waals surface area (Å²) in [6.45, 7) is 3.62. The zero-order valence-electron chi connectivity index (χ0n) is 20.6. The summed E-state index contributed by atoms with van der Waals surface area (Å²) >= 11 is 0. The van der Waals surface area contributed by atoms with Gasteiger partial charge in [0.1, 0.15) is 17.4 Å². The number of nitrogens with zero attached hydrogens (tertiary/aromatic N) is 6. The number of aromatic nitrogens is 4. The molecular formula is C26H26F2N8O2. The highest BCUT2D eigenvalue weighted by Gasteiger charge is 2.34. The summed E-state index contributed by atoms with van der Waals surface area (Å²) in [5.41, 5.74) is 8.25. The number of phenolic OH excluding ortho intramolecular Hbond substituents is 1. The number of benzene rings is 1. The van der Waals surface area contributed by atoms with E-state index in [1.165, 1.54) is 10.6 Å². The number of rotatable bonds is 7. The van der Waals surface area contributed by atoms with Crippen LogP contribution >= 0.6 is 0 Å². The van der Waals surface area contributed by atoms with Crippen LogP contribution in [0.15, 0.2) is 48.9 Å². The molecule has 5 rings (SSSR count). The van der Waals surface area contributed by atoms with E-state index in [9.17, 15) is 13.9 Å². The lowest BCUT2D eigenvalue weighted by Crippen LogP contribution is -2.56. The van der Waals surface area contributed by atoms with Gasteiger partial charge in [0, 0.05) is 43.4 Å². The van der Waals surface area contributed by atoms with Gasteiger partial charge in [0.2, 0.25) is 5.95 Å². The topological polar surface area (TPSA) is 138 Å². The minimum Gasteiger partial charge on any atom is -0.508 e. The summed E-state index contributed by atoms with van der Waals surface area (Å²) in [4.78, 5) is 10.8. The van der Waals surface area contributed by atoms with Crippen LogP contribution in [0.5, 0.6) is 5.75 Å². The van der Waals surface area contributed by atoms with Crippen molar-refractivity contribution < 1.29 is 18.6 Å². The summed E-state index contributed by atoms with van der Waals surface area (Å²) in [5, 5.41) is 25.9. The third-order valence-corrected chi connectivity index (χ3v) is 6.50. The maximum Gasteiger partial charge on any atom is 0.229 e. The molecule has 1 aromatic carbocycles. The Hall–Kier alpha value is -4.34. The number of hydrogen-bond acceptors (Lipinski definition) is 9. The van der Waals surface area contributed by atoms with Crippen LogP contribution in [0.25, 0.3) is 16.8 Å². The number of hydrogen-bond donors (Lipinski definition) is 3. The van der Waals surface area contributed by atoms with E-state index < -0.39 is 17.4 Å². The summed E-state index contributed by atoms with van der Waals surface area (Å²) in [7, 11) is 0. The number of pyridine rings is 1. The van der Waals surface area contributed by atoms with Crippen molar-refractivity contribution in [1.82, 2.24) is 19.6 Å². The summed E-state index contributed by atoms with van der Waals surface area (Å²) in [6.07, 6.45) is 5.09. The Bertz CT molecular complexity index is 1470. The fraction of sp³-hybridized carbons (Fsp3) is 0.308. The fourth-order valence-corrected chi connectivity index (χ4v) is 4.82. The minimum absolute atomic E-state index is 0.0400. The molecule has 4 aromatic rings. The van der Waals surface area contributed by atoms with Gasteiger partial charge in [-0.3, -0.25) is 4.98 Å². The van der Waals surface area contributed by atoms with Gasteiger partial charge in [-0.15, -0.1) is 0 Å². The minimum atomic E-state index is -0.927. The van der Waals surface area contributed by atoms with Crippen molar-refractivity contribution >= 4 is 22.8 Å². The van der Waals surface area contributed by atoms with Gasteiger partial charge in [-0.25, -0.2) is 13.8 Å². The molecule has 3 unspecified atom stereocenters. The zero-order valence-corrected chi connectivity index (χ0v) is 20.6. The first-order valence-corrected chi connectivity index (χ1v) is 12.1. The lowest BCUT2D eigenvalue weighted by molar-refractivity contribution is -0.00331. The number of nitriles is 1. The highest BCUT2D eigenvalue weighted by molar-refractivity contribution is 5.74. The number of nitrogens with two attached hydrogens (primary N) is 1. The SMILES string of the molecule is CC1CN(c2ccncc2Nc2ncc3ccc(-c4c(F)cc(O)cc4F)nn23)CC(N)C1OCCC#N. The monoisotopic (exact) mass is 520 g/mol. The van der Waals surface area contributed by atoms with Crippen LogP contribution in [0.4, 0.5) is 26.1 Å². The number of anilines is 3. The number of halogens is 2. The molecule has 4 heterocycles. The molecule has 0 amide bonds. The average Bonchev–Trinajstić information content (AvgIpc) is 3.27. The van der Waals surface area contributed by atoms with E-state index in [4.69, 9.17) is 15.7 Å². The molecule has 1 aliphatic heterocycles. The molecule has 0 aliphatic carbocycles. The van der Waals surface area contributed by atoms with Gasteiger partial charge in [-0.05, 0) is 18.2 Å². The smallest absolute Gasteiger partial charge is 0.229 e. The van der Waals surface area contributed by atoms with E-state index in [0.29, 0.717) is 43.3 Å². The van der Waals surface area contributed by atoms with Gasteiger partial charge >= 0.3 is 0 Å². The average molecular weight is 521 g/mol. The van der Waals surface area contributed by atoms with E-state index >= 15 is 0 Å². The van der Waals surface area contributed by atoms with Crippen LogP contribution in [0.2, 0.25) is 0 Å². The van der Waals surface area contributed by atoms with Crippen LogP contribution in [-0.2, 0) is 4.74 Å². The van der Waals surface area contributed by atoms with E-state index in [1.807, 2.05) is 6.07 Å². The molecule has 38 heavy (non-hydrogen) atoms. The third kappa shape index (κ3) is 4.93. The van der Waals surface area contributed by atoms with E-state index in [2.05, 4.69) is 38.3 Å². The van der Waals surface area contributed by atoms with Crippen LogP contribution in [0.3, 0.4) is 0 Å². The Morgan fingerprint density at radius 1 is 1.21 bits per heavy atom. The Morgan fingerprint density at radius 2 is 2.00 bits per heavy atom. The predicted molar refractivity (Wildman–Crippen MR) is 137 cm³/mol. The number of phenols is 1.